The van der Waals surface area contributed by atoms with Gasteiger partial charge >= 0.3 is 12.3 Å². The van der Waals surface area contributed by atoms with Gasteiger partial charge in [0.05, 0.1) is 0 Å². The second-order valence-corrected chi connectivity index (χ2v) is 6.77. The molecule has 11 heteroatoms. The third-order valence-corrected chi connectivity index (χ3v) is 4.70. The van der Waals surface area contributed by atoms with Crippen LogP contribution in [0.2, 0.25) is 0 Å². The Morgan fingerprint density at radius 1 is 0.882 bits per heavy atom. The number of nitrogens with two attached hydrogens (primary N) is 1. The van der Waals surface area contributed by atoms with Gasteiger partial charge in [-0.2, -0.15) is 8.78 Å². The summed E-state index contributed by atoms with van der Waals surface area (Å²) in [5.74, 6) is -7.08. The molecule has 1 heterocycles. The molecule has 34 heavy (non-hydrogen) atoms. The van der Waals surface area contributed by atoms with E-state index in [9.17, 15) is 27.1 Å². The minimum atomic E-state index is -4.86. The summed E-state index contributed by atoms with van der Waals surface area (Å²) in [6, 6.07) is 8.37. The lowest BCUT2D eigenvalue weighted by atomic mass is 9.84. The third-order valence-electron chi connectivity index (χ3n) is 4.70. The predicted octanol–water partition coefficient (Wildman–Crippen LogP) is 5.89. The first-order valence-electron chi connectivity index (χ1n) is 9.96. The van der Waals surface area contributed by atoms with Crippen molar-refractivity contribution < 1.29 is 40.6 Å². The Labute approximate surface area is 190 Å². The summed E-state index contributed by atoms with van der Waals surface area (Å²) >= 11 is 0. The summed E-state index contributed by atoms with van der Waals surface area (Å²) in [5, 5.41) is 10.6. The maximum absolute atomic E-state index is 15.1. The SMILES string of the molecule is CC.NCC(O)(c1ccc(F)cc1F)C(F)(F)c1ccc(-c2ccc(OC(F)(F)F)cc2)cn1. The van der Waals surface area contributed by atoms with E-state index in [4.69, 9.17) is 5.73 Å². The zero-order valence-electron chi connectivity index (χ0n) is 18.0. The molecule has 3 rings (SSSR count). The fraction of sp³-hybridized carbons (Fsp3) is 0.261. The van der Waals surface area contributed by atoms with Gasteiger partial charge in [-0.05, 0) is 29.8 Å². The van der Waals surface area contributed by atoms with E-state index in [0.29, 0.717) is 23.8 Å². The molecule has 4 nitrogen and oxygen atoms in total. The Balaban J connectivity index is 0.00000199. The minimum absolute atomic E-state index is 0.271. The molecule has 0 amide bonds. The van der Waals surface area contributed by atoms with Gasteiger partial charge in [0.1, 0.15) is 23.1 Å². The highest BCUT2D eigenvalue weighted by molar-refractivity contribution is 5.63. The van der Waals surface area contributed by atoms with E-state index in [1.807, 2.05) is 13.8 Å². The van der Waals surface area contributed by atoms with Crippen LogP contribution in [0, 0.1) is 11.6 Å². The number of hydrogen-bond donors (Lipinski definition) is 2. The molecule has 3 aromatic rings. The van der Waals surface area contributed by atoms with Crippen LogP contribution in [0.15, 0.2) is 60.8 Å². The van der Waals surface area contributed by atoms with Crippen LogP contribution in [-0.2, 0) is 11.5 Å². The summed E-state index contributed by atoms with van der Waals surface area (Å²) < 4.78 is 98.0. The first kappa shape index (κ1) is 27.1. The highest BCUT2D eigenvalue weighted by Crippen LogP contribution is 2.45. The zero-order chi connectivity index (χ0) is 25.7. The van der Waals surface area contributed by atoms with Crippen molar-refractivity contribution in [2.75, 3.05) is 6.54 Å². The molecule has 0 radical (unpaired) electrons. The molecule has 2 aromatic carbocycles. The molecule has 0 spiro atoms. The number of halogens is 7. The lowest BCUT2D eigenvalue weighted by molar-refractivity contribution is -0.274. The summed E-state index contributed by atoms with van der Waals surface area (Å²) in [7, 11) is 0. The Morgan fingerprint density at radius 3 is 1.94 bits per heavy atom. The van der Waals surface area contributed by atoms with Gasteiger partial charge < -0.3 is 15.6 Å². The molecule has 0 fully saturated rings. The number of aliphatic hydroxyl groups is 1. The van der Waals surface area contributed by atoms with Gasteiger partial charge in [-0.25, -0.2) is 8.78 Å². The van der Waals surface area contributed by atoms with Gasteiger partial charge in [0.2, 0.25) is 0 Å². The van der Waals surface area contributed by atoms with E-state index in [1.165, 1.54) is 18.2 Å². The third kappa shape index (κ3) is 5.65. The number of hydrogen-bond acceptors (Lipinski definition) is 4. The van der Waals surface area contributed by atoms with Crippen molar-refractivity contribution in [2.24, 2.45) is 5.73 Å². The fourth-order valence-electron chi connectivity index (χ4n) is 3.04. The largest absolute Gasteiger partial charge is 0.573 e. The fourth-order valence-corrected chi connectivity index (χ4v) is 3.04. The van der Waals surface area contributed by atoms with Crippen LogP contribution >= 0.6 is 0 Å². The quantitative estimate of drug-likeness (QED) is 0.423. The van der Waals surface area contributed by atoms with Crippen molar-refractivity contribution in [3.05, 3.63) is 83.7 Å². The molecule has 184 valence electrons. The van der Waals surface area contributed by atoms with Crippen molar-refractivity contribution in [3.63, 3.8) is 0 Å². The van der Waals surface area contributed by atoms with E-state index in [1.54, 1.807) is 0 Å². The molecule has 3 N–H and O–H groups in total. The van der Waals surface area contributed by atoms with Gasteiger partial charge in [-0.3, -0.25) is 4.98 Å². The molecule has 1 unspecified atom stereocenters. The number of nitrogens with zero attached hydrogens (tertiary/aromatic N) is 1. The van der Waals surface area contributed by atoms with Crippen molar-refractivity contribution in [1.29, 1.82) is 0 Å². The second-order valence-electron chi connectivity index (χ2n) is 6.77. The van der Waals surface area contributed by atoms with Gasteiger partial charge in [0.15, 0.2) is 5.60 Å². The van der Waals surface area contributed by atoms with Crippen LogP contribution in [0.5, 0.6) is 5.75 Å². The molecule has 0 aliphatic rings. The maximum atomic E-state index is 15.1. The molecule has 1 atom stereocenters. The Hall–Kier alpha value is -3.18. The minimum Gasteiger partial charge on any atom is -0.406 e. The average Bonchev–Trinajstić information content (AvgIpc) is 2.79. The zero-order valence-corrected chi connectivity index (χ0v) is 18.0. The van der Waals surface area contributed by atoms with Crippen molar-refractivity contribution in [3.8, 4) is 16.9 Å². The Morgan fingerprint density at radius 2 is 1.47 bits per heavy atom. The summed E-state index contributed by atoms with van der Waals surface area (Å²) in [6.07, 6.45) is -3.86. The Bertz CT molecular complexity index is 1090. The smallest absolute Gasteiger partial charge is 0.406 e. The Kier molecular flexibility index (Phi) is 8.27. The number of alkyl halides is 5. The number of ether oxygens (including phenoxy) is 1. The van der Waals surface area contributed by atoms with Crippen LogP contribution < -0.4 is 10.5 Å². The molecular formula is C23H21F7N2O2. The standard InChI is InChI=1S/C21H15F7N2O2.C2H6/c22-14-4-7-16(17(23)9-14)19(31,11-29)20(24,25)18-8-3-13(10-30-18)12-1-5-15(6-2-12)32-21(26,27)28;1-2/h1-10,31H,11,29H2;1-2H3. The maximum Gasteiger partial charge on any atom is 0.573 e. The van der Waals surface area contributed by atoms with E-state index < -0.39 is 53.1 Å². The van der Waals surface area contributed by atoms with E-state index in [2.05, 4.69) is 9.72 Å². The molecule has 0 saturated heterocycles. The molecular weight excluding hydrogens is 469 g/mol. The van der Waals surface area contributed by atoms with Gasteiger partial charge in [0.25, 0.3) is 0 Å². The number of aromatic nitrogens is 1. The van der Waals surface area contributed by atoms with Crippen LogP contribution in [-0.4, -0.2) is 23.0 Å². The van der Waals surface area contributed by atoms with Gasteiger partial charge in [-0.1, -0.05) is 38.1 Å². The first-order valence-corrected chi connectivity index (χ1v) is 9.96. The van der Waals surface area contributed by atoms with Crippen molar-refractivity contribution in [1.82, 2.24) is 4.98 Å². The molecule has 0 aliphatic carbocycles. The number of rotatable bonds is 6. The van der Waals surface area contributed by atoms with Crippen molar-refractivity contribution in [2.45, 2.75) is 31.7 Å². The molecule has 0 aliphatic heterocycles. The van der Waals surface area contributed by atoms with Crippen LogP contribution in [0.4, 0.5) is 30.7 Å². The highest BCUT2D eigenvalue weighted by Gasteiger charge is 2.56. The van der Waals surface area contributed by atoms with Crippen LogP contribution in [0.1, 0.15) is 25.1 Å². The lowest BCUT2D eigenvalue weighted by Gasteiger charge is -2.35. The molecule has 0 bridgehead atoms. The predicted molar refractivity (Wildman–Crippen MR) is 111 cm³/mol. The van der Waals surface area contributed by atoms with Crippen molar-refractivity contribution >= 4 is 0 Å². The van der Waals surface area contributed by atoms with Gasteiger partial charge in [0, 0.05) is 29.9 Å². The second kappa shape index (κ2) is 10.4. The van der Waals surface area contributed by atoms with E-state index >= 15 is 8.78 Å². The van der Waals surface area contributed by atoms with E-state index in [-0.39, 0.29) is 5.56 Å². The van der Waals surface area contributed by atoms with Crippen LogP contribution in [0.3, 0.4) is 0 Å². The average molecular weight is 490 g/mol. The normalized spacial score (nSPS) is 13.5. The molecule has 0 saturated carbocycles. The topological polar surface area (TPSA) is 68.4 Å². The first-order chi connectivity index (χ1) is 15.9. The highest BCUT2D eigenvalue weighted by atomic mass is 19.4. The van der Waals surface area contributed by atoms with Crippen LogP contribution in [0.25, 0.3) is 11.1 Å². The summed E-state index contributed by atoms with van der Waals surface area (Å²) in [6.45, 7) is 2.90. The lowest BCUT2D eigenvalue weighted by Crippen LogP contribution is -2.50. The monoisotopic (exact) mass is 490 g/mol. The van der Waals surface area contributed by atoms with E-state index in [0.717, 1.165) is 24.4 Å². The number of pyridine rings is 1. The molecule has 1 aromatic heterocycles. The number of benzene rings is 2. The van der Waals surface area contributed by atoms with Gasteiger partial charge in [-0.15, -0.1) is 13.2 Å². The summed E-state index contributed by atoms with van der Waals surface area (Å²) in [5.41, 5.74) is 0.876. The summed E-state index contributed by atoms with van der Waals surface area (Å²) in [4.78, 5) is 3.62.